The maximum absolute atomic E-state index is 13.7. The fourth-order valence-electron chi connectivity index (χ4n) is 4.03. The fourth-order valence-corrected chi connectivity index (χ4v) is 4.50. The van der Waals surface area contributed by atoms with Crippen molar-refractivity contribution < 1.29 is 14.3 Å². The SMILES string of the molecule is CCCNC(=O)C(Cc1ccccc1)N(Cc1ccc(Cl)cc1Cl)C(=O)COc1ccc(C(C)(C)C)cc1. The smallest absolute Gasteiger partial charge is 0.261 e. The van der Waals surface area contributed by atoms with E-state index in [1.165, 1.54) is 5.56 Å². The van der Waals surface area contributed by atoms with Crippen LogP contribution in [0.5, 0.6) is 5.75 Å². The number of hydrogen-bond acceptors (Lipinski definition) is 3. The Labute approximate surface area is 236 Å². The Morgan fingerprint density at radius 3 is 2.26 bits per heavy atom. The summed E-state index contributed by atoms with van der Waals surface area (Å²) >= 11 is 12.6. The van der Waals surface area contributed by atoms with Gasteiger partial charge in [0.05, 0.1) is 0 Å². The highest BCUT2D eigenvalue weighted by Crippen LogP contribution is 2.26. The van der Waals surface area contributed by atoms with E-state index in [1.807, 2.05) is 61.5 Å². The molecule has 0 spiro atoms. The molecule has 202 valence electrons. The molecule has 7 heteroatoms. The summed E-state index contributed by atoms with van der Waals surface area (Å²) < 4.78 is 5.89. The van der Waals surface area contributed by atoms with Crippen LogP contribution in [-0.4, -0.2) is 35.9 Å². The van der Waals surface area contributed by atoms with Gasteiger partial charge in [0.1, 0.15) is 11.8 Å². The predicted molar refractivity (Wildman–Crippen MR) is 155 cm³/mol. The molecular formula is C31H36Cl2N2O3. The van der Waals surface area contributed by atoms with Crippen LogP contribution in [0.3, 0.4) is 0 Å². The first kappa shape index (κ1) is 29.5. The molecule has 0 heterocycles. The second-order valence-electron chi connectivity index (χ2n) is 10.3. The van der Waals surface area contributed by atoms with E-state index < -0.39 is 6.04 Å². The molecule has 0 aromatic heterocycles. The number of amides is 2. The van der Waals surface area contributed by atoms with Crippen molar-refractivity contribution in [1.82, 2.24) is 10.2 Å². The Balaban J connectivity index is 1.89. The van der Waals surface area contributed by atoms with E-state index in [-0.39, 0.29) is 30.4 Å². The summed E-state index contributed by atoms with van der Waals surface area (Å²) in [6.07, 6.45) is 1.14. The molecule has 0 saturated carbocycles. The Kier molecular flexibility index (Phi) is 10.6. The van der Waals surface area contributed by atoms with Crippen LogP contribution < -0.4 is 10.1 Å². The highest BCUT2D eigenvalue weighted by molar-refractivity contribution is 6.35. The third-order valence-corrected chi connectivity index (χ3v) is 6.85. The van der Waals surface area contributed by atoms with Crippen LogP contribution in [-0.2, 0) is 28.0 Å². The molecule has 2 amide bonds. The Morgan fingerprint density at radius 2 is 1.66 bits per heavy atom. The molecule has 0 radical (unpaired) electrons. The molecule has 0 bridgehead atoms. The van der Waals surface area contributed by atoms with Gasteiger partial charge in [-0.15, -0.1) is 0 Å². The minimum absolute atomic E-state index is 0.0134. The lowest BCUT2D eigenvalue weighted by Crippen LogP contribution is -2.51. The van der Waals surface area contributed by atoms with Crippen molar-refractivity contribution in [3.63, 3.8) is 0 Å². The molecule has 0 aliphatic carbocycles. The molecule has 3 rings (SSSR count). The van der Waals surface area contributed by atoms with E-state index in [2.05, 4.69) is 26.1 Å². The van der Waals surface area contributed by atoms with E-state index in [9.17, 15) is 9.59 Å². The molecule has 0 saturated heterocycles. The van der Waals surface area contributed by atoms with Crippen molar-refractivity contribution in [1.29, 1.82) is 0 Å². The second-order valence-corrected chi connectivity index (χ2v) is 11.2. The zero-order valence-corrected chi connectivity index (χ0v) is 24.0. The van der Waals surface area contributed by atoms with Crippen molar-refractivity contribution in [2.75, 3.05) is 13.2 Å². The van der Waals surface area contributed by atoms with Crippen LogP contribution in [0.15, 0.2) is 72.8 Å². The fraction of sp³-hybridized carbons (Fsp3) is 0.355. The summed E-state index contributed by atoms with van der Waals surface area (Å²) in [5.41, 5.74) is 2.83. The maximum atomic E-state index is 13.7. The molecule has 1 unspecified atom stereocenters. The maximum Gasteiger partial charge on any atom is 0.261 e. The van der Waals surface area contributed by atoms with Gasteiger partial charge in [0.2, 0.25) is 5.91 Å². The highest BCUT2D eigenvalue weighted by Gasteiger charge is 2.31. The van der Waals surface area contributed by atoms with E-state index in [1.54, 1.807) is 23.1 Å². The third kappa shape index (κ3) is 8.50. The zero-order valence-electron chi connectivity index (χ0n) is 22.5. The number of nitrogens with zero attached hydrogens (tertiary/aromatic N) is 1. The topological polar surface area (TPSA) is 58.6 Å². The summed E-state index contributed by atoms with van der Waals surface area (Å²) in [6.45, 7) is 8.85. The van der Waals surface area contributed by atoms with Crippen molar-refractivity contribution in [3.8, 4) is 5.75 Å². The van der Waals surface area contributed by atoms with E-state index >= 15 is 0 Å². The van der Waals surface area contributed by atoms with E-state index in [0.29, 0.717) is 34.3 Å². The summed E-state index contributed by atoms with van der Waals surface area (Å²) in [6, 6.07) is 21.8. The van der Waals surface area contributed by atoms with Gasteiger partial charge in [-0.1, -0.05) is 99.4 Å². The monoisotopic (exact) mass is 554 g/mol. The van der Waals surface area contributed by atoms with Gasteiger partial charge < -0.3 is 15.0 Å². The molecule has 3 aromatic carbocycles. The first-order valence-corrected chi connectivity index (χ1v) is 13.6. The predicted octanol–water partition coefficient (Wildman–Crippen LogP) is 6.84. The Morgan fingerprint density at radius 1 is 0.974 bits per heavy atom. The van der Waals surface area contributed by atoms with Gasteiger partial charge in [0.25, 0.3) is 5.91 Å². The molecule has 0 aliphatic rings. The van der Waals surface area contributed by atoms with Gasteiger partial charge in [-0.2, -0.15) is 0 Å². The largest absolute Gasteiger partial charge is 0.484 e. The lowest BCUT2D eigenvalue weighted by atomic mass is 9.87. The minimum atomic E-state index is -0.755. The summed E-state index contributed by atoms with van der Waals surface area (Å²) in [5, 5.41) is 3.90. The molecule has 5 nitrogen and oxygen atoms in total. The van der Waals surface area contributed by atoms with Crippen LogP contribution >= 0.6 is 23.2 Å². The van der Waals surface area contributed by atoms with Crippen LogP contribution in [0, 0.1) is 0 Å². The molecular weight excluding hydrogens is 519 g/mol. The number of hydrogen-bond donors (Lipinski definition) is 1. The first-order chi connectivity index (χ1) is 18.1. The average Bonchev–Trinajstić information content (AvgIpc) is 2.89. The van der Waals surface area contributed by atoms with Crippen LogP contribution in [0.25, 0.3) is 0 Å². The summed E-state index contributed by atoms with van der Waals surface area (Å²) in [5.74, 6) is 0.0537. The Hall–Kier alpha value is -3.02. The second kappa shape index (κ2) is 13.7. The van der Waals surface area contributed by atoms with Gasteiger partial charge in [0, 0.05) is 29.6 Å². The van der Waals surface area contributed by atoms with Crippen molar-refractivity contribution in [2.24, 2.45) is 0 Å². The van der Waals surface area contributed by atoms with Gasteiger partial charge >= 0.3 is 0 Å². The number of ether oxygens (including phenoxy) is 1. The lowest BCUT2D eigenvalue weighted by molar-refractivity contribution is -0.142. The zero-order chi connectivity index (χ0) is 27.7. The van der Waals surface area contributed by atoms with Crippen LogP contribution in [0.1, 0.15) is 50.8 Å². The van der Waals surface area contributed by atoms with E-state index in [4.69, 9.17) is 27.9 Å². The molecule has 0 fully saturated rings. The standard InChI is InChI=1S/C31H36Cl2N2O3/c1-5-17-34-30(37)28(18-22-9-7-6-8-10-22)35(20-23-11-14-25(32)19-27(23)33)29(36)21-38-26-15-12-24(13-16-26)31(2,3)4/h6-16,19,28H,5,17-18,20-21H2,1-4H3,(H,34,37). The highest BCUT2D eigenvalue weighted by atomic mass is 35.5. The van der Waals surface area contributed by atoms with Crippen molar-refractivity contribution in [3.05, 3.63) is 99.5 Å². The van der Waals surface area contributed by atoms with Gasteiger partial charge in [0.15, 0.2) is 6.61 Å². The summed E-state index contributed by atoms with van der Waals surface area (Å²) in [4.78, 5) is 28.6. The quantitative estimate of drug-likeness (QED) is 0.282. The molecule has 1 atom stereocenters. The number of halogens is 2. The number of carbonyl (C=O) groups excluding carboxylic acids is 2. The van der Waals surface area contributed by atoms with Gasteiger partial charge in [-0.3, -0.25) is 9.59 Å². The molecule has 0 aliphatic heterocycles. The molecule has 38 heavy (non-hydrogen) atoms. The van der Waals surface area contributed by atoms with E-state index in [0.717, 1.165) is 12.0 Å². The van der Waals surface area contributed by atoms with Crippen LogP contribution in [0.2, 0.25) is 10.0 Å². The van der Waals surface area contributed by atoms with Gasteiger partial charge in [-0.25, -0.2) is 0 Å². The number of carbonyl (C=O) groups is 2. The van der Waals surface area contributed by atoms with Gasteiger partial charge in [-0.05, 0) is 52.8 Å². The van der Waals surface area contributed by atoms with Crippen molar-refractivity contribution in [2.45, 2.75) is 58.5 Å². The third-order valence-electron chi connectivity index (χ3n) is 6.26. The van der Waals surface area contributed by atoms with Crippen LogP contribution in [0.4, 0.5) is 0 Å². The normalized spacial score (nSPS) is 12.1. The lowest BCUT2D eigenvalue weighted by Gasteiger charge is -2.31. The first-order valence-electron chi connectivity index (χ1n) is 12.9. The number of rotatable bonds is 11. The van der Waals surface area contributed by atoms with Crippen molar-refractivity contribution >= 4 is 35.0 Å². The number of benzene rings is 3. The Bertz CT molecular complexity index is 1210. The number of nitrogens with one attached hydrogen (secondary N) is 1. The molecule has 1 N–H and O–H groups in total. The minimum Gasteiger partial charge on any atom is -0.484 e. The average molecular weight is 556 g/mol. The molecule has 3 aromatic rings. The summed E-state index contributed by atoms with van der Waals surface area (Å²) in [7, 11) is 0.